The highest BCUT2D eigenvalue weighted by molar-refractivity contribution is 9.10. The summed E-state index contributed by atoms with van der Waals surface area (Å²) in [7, 11) is -3.80. The zero-order valence-corrected chi connectivity index (χ0v) is 19.6. The first-order chi connectivity index (χ1) is 15.3. The van der Waals surface area contributed by atoms with E-state index in [2.05, 4.69) is 21.2 Å². The summed E-state index contributed by atoms with van der Waals surface area (Å²) in [5.41, 5.74) is 2.66. The van der Waals surface area contributed by atoms with Crippen LogP contribution in [0.4, 0.5) is 4.39 Å². The second kappa shape index (κ2) is 9.52. The van der Waals surface area contributed by atoms with Crippen molar-refractivity contribution in [2.75, 3.05) is 6.54 Å². The normalized spacial score (nSPS) is 16.4. The lowest BCUT2D eigenvalue weighted by Gasteiger charge is -2.36. The number of fused-ring (bicyclic) bond motifs is 1. The summed E-state index contributed by atoms with van der Waals surface area (Å²) < 4.78 is 42.2. The van der Waals surface area contributed by atoms with Crippen LogP contribution in [-0.4, -0.2) is 25.2 Å². The summed E-state index contributed by atoms with van der Waals surface area (Å²) in [5, 5.41) is 2.83. The third kappa shape index (κ3) is 4.92. The molecule has 0 aliphatic carbocycles. The van der Waals surface area contributed by atoms with Gasteiger partial charge in [0.2, 0.25) is 15.9 Å². The second-order valence-electron chi connectivity index (χ2n) is 7.64. The molecule has 8 heteroatoms. The van der Waals surface area contributed by atoms with E-state index in [1.807, 2.05) is 24.3 Å². The lowest BCUT2D eigenvalue weighted by molar-refractivity contribution is -0.122. The van der Waals surface area contributed by atoms with Gasteiger partial charge in [0.05, 0.1) is 10.9 Å². The summed E-state index contributed by atoms with van der Waals surface area (Å²) in [4.78, 5) is 13.0. The third-order valence-corrected chi connectivity index (χ3v) is 8.02. The van der Waals surface area contributed by atoms with Crippen molar-refractivity contribution in [3.8, 4) is 0 Å². The van der Waals surface area contributed by atoms with Crippen molar-refractivity contribution in [1.29, 1.82) is 0 Å². The third-order valence-electron chi connectivity index (χ3n) is 5.57. The highest BCUT2D eigenvalue weighted by atomic mass is 79.9. The highest BCUT2D eigenvalue weighted by Gasteiger charge is 2.37. The van der Waals surface area contributed by atoms with E-state index in [1.54, 1.807) is 36.4 Å². The predicted molar refractivity (Wildman–Crippen MR) is 124 cm³/mol. The molecule has 166 valence electrons. The summed E-state index contributed by atoms with van der Waals surface area (Å²) in [6.45, 7) is 0.540. The Bertz CT molecular complexity index is 1210. The predicted octanol–water partition coefficient (Wildman–Crippen LogP) is 4.58. The van der Waals surface area contributed by atoms with Gasteiger partial charge in [-0.1, -0.05) is 52.3 Å². The molecule has 0 spiro atoms. The number of nitrogens with one attached hydrogen (secondary N) is 1. The Morgan fingerprint density at radius 1 is 1.03 bits per heavy atom. The fraction of sp³-hybridized carbons (Fsp3) is 0.208. The summed E-state index contributed by atoms with van der Waals surface area (Å²) >= 11 is 3.33. The maximum absolute atomic E-state index is 13.5. The van der Waals surface area contributed by atoms with Gasteiger partial charge in [-0.2, -0.15) is 4.31 Å². The molecule has 0 saturated heterocycles. The molecule has 1 aliphatic rings. The van der Waals surface area contributed by atoms with Crippen molar-refractivity contribution in [1.82, 2.24) is 9.62 Å². The maximum atomic E-state index is 13.5. The molecule has 32 heavy (non-hydrogen) atoms. The van der Waals surface area contributed by atoms with Gasteiger partial charge in [0.25, 0.3) is 0 Å². The van der Waals surface area contributed by atoms with Crippen molar-refractivity contribution in [2.45, 2.75) is 30.3 Å². The molecule has 0 unspecified atom stereocenters. The van der Waals surface area contributed by atoms with E-state index in [9.17, 15) is 17.6 Å². The molecule has 3 aromatic carbocycles. The average Bonchev–Trinajstić information content (AvgIpc) is 2.79. The molecule has 0 bridgehead atoms. The highest BCUT2D eigenvalue weighted by Crippen LogP contribution is 2.36. The molecule has 0 aromatic heterocycles. The molecule has 5 nitrogen and oxygen atoms in total. The Morgan fingerprint density at radius 2 is 1.72 bits per heavy atom. The van der Waals surface area contributed by atoms with Gasteiger partial charge in [0.1, 0.15) is 5.82 Å². The van der Waals surface area contributed by atoms with Crippen LogP contribution in [-0.2, 0) is 27.8 Å². The number of benzene rings is 3. The van der Waals surface area contributed by atoms with E-state index in [0.29, 0.717) is 13.0 Å². The van der Waals surface area contributed by atoms with Crippen LogP contribution >= 0.6 is 15.9 Å². The SMILES string of the molecule is O=C(C[C@@H]1c2ccccc2CCN1S(=O)(=O)c1ccc(Br)cc1)NCc1ccc(F)cc1. The number of rotatable bonds is 6. The zero-order valence-electron chi connectivity index (χ0n) is 17.2. The summed E-state index contributed by atoms with van der Waals surface area (Å²) in [6.07, 6.45) is 0.577. The molecule has 4 rings (SSSR count). The number of hydrogen-bond acceptors (Lipinski definition) is 3. The number of carbonyl (C=O) groups excluding carboxylic acids is 1. The Labute approximate surface area is 195 Å². The second-order valence-corrected chi connectivity index (χ2v) is 10.4. The number of carbonyl (C=O) groups is 1. The lowest BCUT2D eigenvalue weighted by Crippen LogP contribution is -2.42. The number of halogens is 2. The van der Waals surface area contributed by atoms with Gasteiger partial charge in [0, 0.05) is 24.0 Å². The van der Waals surface area contributed by atoms with Crippen LogP contribution in [0.1, 0.15) is 29.2 Å². The molecule has 1 atom stereocenters. The molecule has 0 fully saturated rings. The van der Waals surface area contributed by atoms with Gasteiger partial charge in [0.15, 0.2) is 0 Å². The van der Waals surface area contributed by atoms with Gasteiger partial charge in [-0.05, 0) is 59.5 Å². The Hall–Kier alpha value is -2.55. The first kappa shape index (κ1) is 22.6. The summed E-state index contributed by atoms with van der Waals surface area (Å²) in [5.74, 6) is -0.611. The van der Waals surface area contributed by atoms with Crippen LogP contribution < -0.4 is 5.32 Å². The molecule has 3 aromatic rings. The van der Waals surface area contributed by atoms with E-state index in [1.165, 1.54) is 16.4 Å². The van der Waals surface area contributed by atoms with E-state index < -0.39 is 16.1 Å². The molecule has 1 amide bonds. The van der Waals surface area contributed by atoms with Crippen molar-refractivity contribution >= 4 is 31.9 Å². The van der Waals surface area contributed by atoms with Crippen molar-refractivity contribution in [3.63, 3.8) is 0 Å². The maximum Gasteiger partial charge on any atom is 0.243 e. The van der Waals surface area contributed by atoms with E-state index in [-0.39, 0.29) is 29.6 Å². The number of sulfonamides is 1. The molecular formula is C24H22BrFN2O3S. The minimum Gasteiger partial charge on any atom is -0.352 e. The van der Waals surface area contributed by atoms with Gasteiger partial charge in [-0.25, -0.2) is 12.8 Å². The smallest absolute Gasteiger partial charge is 0.243 e. The first-order valence-corrected chi connectivity index (χ1v) is 12.4. The van der Waals surface area contributed by atoms with E-state index >= 15 is 0 Å². The quantitative estimate of drug-likeness (QED) is 0.521. The zero-order chi connectivity index (χ0) is 22.7. The summed E-state index contributed by atoms with van der Waals surface area (Å²) in [6, 6.07) is 19.4. The fourth-order valence-corrected chi connectivity index (χ4v) is 5.79. The Balaban J connectivity index is 1.58. The van der Waals surface area contributed by atoms with Crippen LogP contribution in [0.3, 0.4) is 0 Å². The minimum absolute atomic E-state index is 0.00599. The molecule has 0 radical (unpaired) electrons. The monoisotopic (exact) mass is 516 g/mol. The lowest BCUT2D eigenvalue weighted by atomic mass is 9.92. The first-order valence-electron chi connectivity index (χ1n) is 10.2. The van der Waals surface area contributed by atoms with Gasteiger partial charge < -0.3 is 5.32 Å². The molecule has 1 aliphatic heterocycles. The van der Waals surface area contributed by atoms with Gasteiger partial charge in [-0.15, -0.1) is 0 Å². The fourth-order valence-electron chi connectivity index (χ4n) is 3.92. The van der Waals surface area contributed by atoms with Crippen LogP contribution in [0.25, 0.3) is 0 Å². The van der Waals surface area contributed by atoms with Crippen LogP contribution in [0.2, 0.25) is 0 Å². The number of hydrogen-bond donors (Lipinski definition) is 1. The van der Waals surface area contributed by atoms with Crippen LogP contribution in [0.15, 0.2) is 82.2 Å². The number of nitrogens with zero attached hydrogens (tertiary/aromatic N) is 1. The van der Waals surface area contributed by atoms with Crippen molar-refractivity contribution in [3.05, 3.63) is 99.8 Å². The molecule has 1 N–H and O–H groups in total. The Morgan fingerprint density at radius 3 is 2.44 bits per heavy atom. The van der Waals surface area contributed by atoms with Crippen LogP contribution in [0.5, 0.6) is 0 Å². The minimum atomic E-state index is -3.80. The van der Waals surface area contributed by atoms with Gasteiger partial charge >= 0.3 is 0 Å². The average molecular weight is 517 g/mol. The van der Waals surface area contributed by atoms with Crippen LogP contribution in [0, 0.1) is 5.82 Å². The largest absolute Gasteiger partial charge is 0.352 e. The Kier molecular flexibility index (Phi) is 6.74. The molecular weight excluding hydrogens is 495 g/mol. The topological polar surface area (TPSA) is 66.5 Å². The number of amides is 1. The van der Waals surface area contributed by atoms with E-state index in [0.717, 1.165) is 21.2 Å². The molecule has 0 saturated carbocycles. The van der Waals surface area contributed by atoms with Gasteiger partial charge in [-0.3, -0.25) is 4.79 Å². The molecule has 1 heterocycles. The van der Waals surface area contributed by atoms with Crippen molar-refractivity contribution in [2.24, 2.45) is 0 Å². The van der Waals surface area contributed by atoms with E-state index in [4.69, 9.17) is 0 Å². The standard InChI is InChI=1S/C24H22BrFN2O3S/c25-19-7-11-21(12-8-19)32(30,31)28-14-13-18-3-1-2-4-22(18)23(28)15-24(29)27-16-17-5-9-20(26)10-6-17/h1-12,23H,13-16H2,(H,27,29)/t23-/m1/s1. The van der Waals surface area contributed by atoms with Crippen molar-refractivity contribution < 1.29 is 17.6 Å².